The minimum absolute atomic E-state index is 0.259. The number of thioether (sulfide) groups is 1. The third-order valence-corrected chi connectivity index (χ3v) is 4.71. The summed E-state index contributed by atoms with van der Waals surface area (Å²) >= 11 is 1.45. The van der Waals surface area contributed by atoms with Gasteiger partial charge in [-0.25, -0.2) is 9.59 Å². The molecule has 0 saturated carbocycles. The fourth-order valence-corrected chi connectivity index (χ4v) is 3.30. The Morgan fingerprint density at radius 3 is 2.67 bits per heavy atom. The van der Waals surface area contributed by atoms with Gasteiger partial charge in [-0.15, -0.1) is 10.2 Å². The summed E-state index contributed by atoms with van der Waals surface area (Å²) in [6.07, 6.45) is 1.70. The summed E-state index contributed by atoms with van der Waals surface area (Å²) in [4.78, 5) is 24.1. The summed E-state index contributed by atoms with van der Waals surface area (Å²) in [5.41, 5.74) is 2.10. The number of esters is 2. The van der Waals surface area contributed by atoms with E-state index in [1.165, 1.54) is 18.9 Å². The van der Waals surface area contributed by atoms with Crippen molar-refractivity contribution in [1.82, 2.24) is 14.9 Å². The maximum atomic E-state index is 12.5. The van der Waals surface area contributed by atoms with E-state index >= 15 is 0 Å². The molecule has 2 aromatic rings. The Morgan fingerprint density at radius 2 is 2.00 bits per heavy atom. The van der Waals surface area contributed by atoms with Gasteiger partial charge in [0.05, 0.1) is 30.6 Å². The third-order valence-electron chi connectivity index (χ3n) is 3.78. The van der Waals surface area contributed by atoms with E-state index in [9.17, 15) is 9.59 Å². The van der Waals surface area contributed by atoms with Crippen LogP contribution in [0.1, 0.15) is 28.7 Å². The van der Waals surface area contributed by atoms with E-state index in [2.05, 4.69) is 15.3 Å². The molecule has 0 N–H and O–H groups in total. The number of ether oxygens (including phenoxy) is 2. The fourth-order valence-electron chi connectivity index (χ4n) is 2.43. The van der Waals surface area contributed by atoms with Crippen molar-refractivity contribution in [2.24, 2.45) is 5.10 Å². The van der Waals surface area contributed by atoms with Gasteiger partial charge in [0.15, 0.2) is 5.82 Å². The van der Waals surface area contributed by atoms with E-state index in [1.54, 1.807) is 48.9 Å². The first-order valence-electron chi connectivity index (χ1n) is 8.23. The van der Waals surface area contributed by atoms with Crippen molar-refractivity contribution in [3.63, 3.8) is 0 Å². The van der Waals surface area contributed by atoms with Crippen molar-refractivity contribution in [2.45, 2.75) is 19.0 Å². The molecule has 2 heterocycles. The van der Waals surface area contributed by atoms with Crippen LogP contribution >= 0.6 is 11.8 Å². The number of rotatable bonds is 5. The van der Waals surface area contributed by atoms with Crippen LogP contribution in [0.2, 0.25) is 0 Å². The highest BCUT2D eigenvalue weighted by molar-refractivity contribution is 7.99. The summed E-state index contributed by atoms with van der Waals surface area (Å²) in [6.45, 7) is 3.80. The Labute approximate surface area is 160 Å². The molecule has 1 aromatic carbocycles. The second-order valence-electron chi connectivity index (χ2n) is 5.57. The molecule has 0 aliphatic carbocycles. The number of aryl methyl sites for hydroxylation is 1. The van der Waals surface area contributed by atoms with E-state index in [0.29, 0.717) is 33.6 Å². The predicted molar refractivity (Wildman–Crippen MR) is 101 cm³/mol. The zero-order valence-electron chi connectivity index (χ0n) is 15.1. The van der Waals surface area contributed by atoms with Crippen LogP contribution in [0.5, 0.6) is 0 Å². The van der Waals surface area contributed by atoms with Gasteiger partial charge < -0.3 is 9.47 Å². The molecule has 0 bridgehead atoms. The highest BCUT2D eigenvalue weighted by Gasteiger charge is 2.24. The summed E-state index contributed by atoms with van der Waals surface area (Å²) in [5, 5.41) is 13.2. The van der Waals surface area contributed by atoms with Crippen LogP contribution in [0.25, 0.3) is 6.08 Å². The van der Waals surface area contributed by atoms with Gasteiger partial charge in [-0.3, -0.25) is 0 Å². The quantitative estimate of drug-likeness (QED) is 0.575. The monoisotopic (exact) mass is 386 g/mol. The van der Waals surface area contributed by atoms with Gasteiger partial charge in [0.2, 0.25) is 5.16 Å². The van der Waals surface area contributed by atoms with Crippen molar-refractivity contribution in [2.75, 3.05) is 19.5 Å². The molecule has 1 aromatic heterocycles. The molecule has 0 saturated heterocycles. The van der Waals surface area contributed by atoms with Crippen molar-refractivity contribution < 1.29 is 19.1 Å². The standard InChI is InChI=1S/C18H18N4O4S/c1-4-26-17(24)14(9-12-5-7-13(8-6-12)16(23)25-3)15-10-27-18-20-19-11(2)22(18)21-15/h5-9H,4,10H2,1-3H3/b14-9-. The zero-order chi connectivity index (χ0) is 19.4. The molecule has 27 heavy (non-hydrogen) atoms. The van der Waals surface area contributed by atoms with Crippen LogP contribution in [-0.4, -0.2) is 52.0 Å². The molecule has 0 radical (unpaired) electrons. The first-order valence-corrected chi connectivity index (χ1v) is 9.22. The number of carbonyl (C=O) groups is 2. The molecule has 9 heteroatoms. The van der Waals surface area contributed by atoms with Gasteiger partial charge in [0.1, 0.15) is 0 Å². The molecule has 0 spiro atoms. The number of fused-ring (bicyclic) bond motifs is 1. The van der Waals surface area contributed by atoms with E-state index < -0.39 is 11.9 Å². The third kappa shape index (κ3) is 4.08. The van der Waals surface area contributed by atoms with Gasteiger partial charge in [-0.1, -0.05) is 23.9 Å². The van der Waals surface area contributed by atoms with Crippen molar-refractivity contribution in [3.05, 3.63) is 46.8 Å². The lowest BCUT2D eigenvalue weighted by Gasteiger charge is -2.15. The van der Waals surface area contributed by atoms with Crippen molar-refractivity contribution in [1.29, 1.82) is 0 Å². The second kappa shape index (κ2) is 8.17. The minimum atomic E-state index is -0.455. The van der Waals surface area contributed by atoms with Gasteiger partial charge in [0.25, 0.3) is 0 Å². The van der Waals surface area contributed by atoms with Crippen LogP contribution in [0.3, 0.4) is 0 Å². The Bertz CT molecular complexity index is 931. The molecule has 140 valence electrons. The van der Waals surface area contributed by atoms with E-state index in [0.717, 1.165) is 5.56 Å². The number of hydrogen-bond acceptors (Lipinski definition) is 8. The summed E-state index contributed by atoms with van der Waals surface area (Å²) in [6, 6.07) is 6.74. The van der Waals surface area contributed by atoms with E-state index in [-0.39, 0.29) is 6.61 Å². The first kappa shape index (κ1) is 18.8. The smallest absolute Gasteiger partial charge is 0.340 e. The minimum Gasteiger partial charge on any atom is -0.465 e. The number of methoxy groups -OCH3 is 1. The Balaban J connectivity index is 1.98. The highest BCUT2D eigenvalue weighted by atomic mass is 32.2. The number of nitrogens with zero attached hydrogens (tertiary/aromatic N) is 4. The topological polar surface area (TPSA) is 95.7 Å². The summed E-state index contributed by atoms with van der Waals surface area (Å²) < 4.78 is 11.5. The number of carbonyl (C=O) groups excluding carboxylic acids is 2. The summed E-state index contributed by atoms with van der Waals surface area (Å²) in [7, 11) is 1.33. The molecule has 0 atom stereocenters. The summed E-state index contributed by atoms with van der Waals surface area (Å²) in [5.74, 6) is 0.242. The van der Waals surface area contributed by atoms with Gasteiger partial charge in [0, 0.05) is 5.75 Å². The second-order valence-corrected chi connectivity index (χ2v) is 6.51. The van der Waals surface area contributed by atoms with Crippen LogP contribution in [0, 0.1) is 6.92 Å². The van der Waals surface area contributed by atoms with E-state index in [4.69, 9.17) is 9.47 Å². The number of benzene rings is 1. The number of aromatic nitrogens is 3. The average Bonchev–Trinajstić information content (AvgIpc) is 3.06. The molecular formula is C18H18N4O4S. The molecular weight excluding hydrogens is 368 g/mol. The largest absolute Gasteiger partial charge is 0.465 e. The zero-order valence-corrected chi connectivity index (χ0v) is 15.9. The predicted octanol–water partition coefficient (Wildman–Crippen LogP) is 2.33. The van der Waals surface area contributed by atoms with Crippen LogP contribution in [0.4, 0.5) is 0 Å². The Kier molecular flexibility index (Phi) is 5.70. The maximum Gasteiger partial charge on any atom is 0.340 e. The van der Waals surface area contributed by atoms with Crippen LogP contribution in [-0.2, 0) is 14.3 Å². The molecule has 8 nitrogen and oxygen atoms in total. The van der Waals surface area contributed by atoms with Gasteiger partial charge >= 0.3 is 11.9 Å². The van der Waals surface area contributed by atoms with Crippen LogP contribution < -0.4 is 0 Å². The van der Waals surface area contributed by atoms with Gasteiger partial charge in [-0.05, 0) is 37.6 Å². The first-order chi connectivity index (χ1) is 13.0. The number of hydrogen-bond donors (Lipinski definition) is 0. The lowest BCUT2D eigenvalue weighted by Crippen LogP contribution is -2.21. The van der Waals surface area contributed by atoms with Crippen molar-refractivity contribution in [3.8, 4) is 0 Å². The molecule has 0 amide bonds. The average molecular weight is 386 g/mol. The molecule has 1 aliphatic heterocycles. The Hall–Kier alpha value is -2.94. The van der Waals surface area contributed by atoms with Crippen LogP contribution in [0.15, 0.2) is 40.1 Å². The SMILES string of the molecule is CCOC(=O)/C(=C\c1ccc(C(=O)OC)cc1)C1=Nn2c(C)nnc2SC1. The normalized spacial score (nSPS) is 13.6. The lowest BCUT2D eigenvalue weighted by atomic mass is 10.1. The molecule has 0 unspecified atom stereocenters. The molecule has 3 rings (SSSR count). The maximum absolute atomic E-state index is 12.5. The highest BCUT2D eigenvalue weighted by Crippen LogP contribution is 2.25. The van der Waals surface area contributed by atoms with E-state index in [1.807, 2.05) is 0 Å². The molecule has 0 fully saturated rings. The molecule has 1 aliphatic rings. The fraction of sp³-hybridized carbons (Fsp3) is 0.278. The van der Waals surface area contributed by atoms with Gasteiger partial charge in [-0.2, -0.15) is 9.78 Å². The van der Waals surface area contributed by atoms with Crippen molar-refractivity contribution >= 4 is 35.5 Å². The Morgan fingerprint density at radius 1 is 1.26 bits per heavy atom. The lowest BCUT2D eigenvalue weighted by molar-refractivity contribution is -0.137.